The highest BCUT2D eigenvalue weighted by Crippen LogP contribution is 2.52. The zero-order chi connectivity index (χ0) is 32.0. The van der Waals surface area contributed by atoms with Crippen molar-refractivity contribution in [2.24, 2.45) is 0 Å². The van der Waals surface area contributed by atoms with Crippen molar-refractivity contribution in [2.75, 3.05) is 4.90 Å². The number of anilines is 3. The fraction of sp³-hybridized carbons (Fsp3) is 0.0682. The molecule has 3 nitrogen and oxygen atoms in total. The number of oxazole rings is 1. The second-order valence-corrected chi connectivity index (χ2v) is 14.3. The summed E-state index contributed by atoms with van der Waals surface area (Å²) in [7, 11) is 0. The van der Waals surface area contributed by atoms with Crippen LogP contribution in [0.3, 0.4) is 0 Å². The van der Waals surface area contributed by atoms with Crippen LogP contribution in [0.25, 0.3) is 64.6 Å². The minimum atomic E-state index is -0.0727. The van der Waals surface area contributed by atoms with E-state index in [-0.39, 0.29) is 5.41 Å². The molecule has 0 fully saturated rings. The van der Waals surface area contributed by atoms with Crippen molar-refractivity contribution >= 4 is 70.4 Å². The molecule has 48 heavy (non-hydrogen) atoms. The molecule has 0 amide bonds. The van der Waals surface area contributed by atoms with Crippen LogP contribution >= 0.6 is 11.3 Å². The summed E-state index contributed by atoms with van der Waals surface area (Å²) in [4.78, 5) is 7.61. The topological polar surface area (TPSA) is 29.3 Å². The molecule has 0 saturated heterocycles. The van der Waals surface area contributed by atoms with E-state index in [0.717, 1.165) is 44.5 Å². The first-order chi connectivity index (χ1) is 23.5. The zero-order valence-electron chi connectivity index (χ0n) is 26.6. The molecule has 0 saturated carbocycles. The van der Waals surface area contributed by atoms with Crippen LogP contribution in [-0.4, -0.2) is 4.98 Å². The molecule has 0 radical (unpaired) electrons. The number of rotatable bonds is 4. The number of hydrogen-bond acceptors (Lipinski definition) is 4. The summed E-state index contributed by atoms with van der Waals surface area (Å²) in [5, 5.41) is 4.69. The van der Waals surface area contributed by atoms with Crippen molar-refractivity contribution in [1.82, 2.24) is 4.98 Å². The molecule has 0 bridgehead atoms. The standard InChI is InChI=1S/C44H30N2OS/c1-44(2)36-18-10-8-16-32(36)34-25-29(20-22-37(34)44)46(30-21-23-40-35(26-30)33-17-9-11-19-39(33)48-40)38-24-28-14-6-7-15-31(28)42-41(38)45-43(47-42)27-12-4-3-5-13-27/h3-26H,1-2H3. The number of benzene rings is 7. The van der Waals surface area contributed by atoms with Crippen molar-refractivity contribution in [1.29, 1.82) is 0 Å². The second kappa shape index (κ2) is 10.1. The van der Waals surface area contributed by atoms with Crippen molar-refractivity contribution in [3.05, 3.63) is 157 Å². The number of hydrogen-bond donors (Lipinski definition) is 0. The molecule has 4 heteroatoms. The van der Waals surface area contributed by atoms with Gasteiger partial charge in [-0.15, -0.1) is 11.3 Å². The van der Waals surface area contributed by atoms with E-state index in [9.17, 15) is 0 Å². The third kappa shape index (κ3) is 3.96. The molecular weight excluding hydrogens is 605 g/mol. The Balaban J connectivity index is 1.28. The monoisotopic (exact) mass is 634 g/mol. The number of aromatic nitrogens is 1. The molecule has 9 aromatic rings. The molecule has 0 aliphatic heterocycles. The highest BCUT2D eigenvalue weighted by Gasteiger charge is 2.35. The summed E-state index contributed by atoms with van der Waals surface area (Å²) in [6.07, 6.45) is 0. The molecule has 2 heterocycles. The van der Waals surface area contributed by atoms with Crippen LogP contribution in [0.5, 0.6) is 0 Å². The lowest BCUT2D eigenvalue weighted by Gasteiger charge is -2.27. The molecular formula is C44H30N2OS. The van der Waals surface area contributed by atoms with Gasteiger partial charge in [0.15, 0.2) is 5.58 Å². The Morgan fingerprint density at radius 2 is 1.27 bits per heavy atom. The summed E-state index contributed by atoms with van der Waals surface area (Å²) in [5.74, 6) is 0.618. The maximum Gasteiger partial charge on any atom is 0.227 e. The van der Waals surface area contributed by atoms with Gasteiger partial charge in [0.1, 0.15) is 5.52 Å². The van der Waals surface area contributed by atoms with E-state index in [0.29, 0.717) is 5.89 Å². The Morgan fingerprint density at radius 1 is 0.583 bits per heavy atom. The van der Waals surface area contributed by atoms with E-state index in [4.69, 9.17) is 9.40 Å². The van der Waals surface area contributed by atoms with Gasteiger partial charge >= 0.3 is 0 Å². The molecule has 228 valence electrons. The Bertz CT molecular complexity index is 2720. The molecule has 0 atom stereocenters. The van der Waals surface area contributed by atoms with Gasteiger partial charge in [0.05, 0.1) is 5.69 Å². The fourth-order valence-electron chi connectivity index (χ4n) is 7.72. The summed E-state index contributed by atoms with van der Waals surface area (Å²) < 4.78 is 9.23. The summed E-state index contributed by atoms with van der Waals surface area (Å²) >= 11 is 1.84. The van der Waals surface area contributed by atoms with Crippen LogP contribution in [0.15, 0.2) is 150 Å². The van der Waals surface area contributed by atoms with E-state index in [1.54, 1.807) is 0 Å². The maximum atomic E-state index is 6.66. The predicted molar refractivity (Wildman–Crippen MR) is 202 cm³/mol. The lowest BCUT2D eigenvalue weighted by Crippen LogP contribution is -2.15. The molecule has 10 rings (SSSR count). The first-order valence-corrected chi connectivity index (χ1v) is 17.2. The van der Waals surface area contributed by atoms with Gasteiger partial charge in [-0.1, -0.05) is 105 Å². The second-order valence-electron chi connectivity index (χ2n) is 13.2. The van der Waals surface area contributed by atoms with Gasteiger partial charge in [0.25, 0.3) is 0 Å². The summed E-state index contributed by atoms with van der Waals surface area (Å²) in [6, 6.07) is 52.3. The lowest BCUT2D eigenvalue weighted by molar-refractivity contribution is 0.623. The first-order valence-electron chi connectivity index (χ1n) is 16.4. The van der Waals surface area contributed by atoms with E-state index < -0.39 is 0 Å². The third-order valence-electron chi connectivity index (χ3n) is 10.1. The van der Waals surface area contributed by atoms with Gasteiger partial charge in [-0.3, -0.25) is 0 Å². The Kier molecular flexibility index (Phi) is 5.79. The van der Waals surface area contributed by atoms with Crippen molar-refractivity contribution in [3.8, 4) is 22.6 Å². The summed E-state index contributed by atoms with van der Waals surface area (Å²) in [6.45, 7) is 4.66. The minimum absolute atomic E-state index is 0.0727. The van der Waals surface area contributed by atoms with Gasteiger partial charge in [-0.25, -0.2) is 4.98 Å². The van der Waals surface area contributed by atoms with Crippen LogP contribution in [-0.2, 0) is 5.41 Å². The van der Waals surface area contributed by atoms with Crippen LogP contribution < -0.4 is 4.90 Å². The van der Waals surface area contributed by atoms with E-state index >= 15 is 0 Å². The van der Waals surface area contributed by atoms with Crippen LogP contribution in [0, 0.1) is 0 Å². The Hall–Kier alpha value is -5.71. The van der Waals surface area contributed by atoms with E-state index in [2.05, 4.69) is 146 Å². The highest BCUT2D eigenvalue weighted by molar-refractivity contribution is 7.25. The van der Waals surface area contributed by atoms with Crippen LogP contribution in [0.1, 0.15) is 25.0 Å². The Morgan fingerprint density at radius 3 is 2.17 bits per heavy atom. The Labute approximate surface area is 282 Å². The van der Waals surface area contributed by atoms with Gasteiger partial charge in [-0.2, -0.15) is 0 Å². The highest BCUT2D eigenvalue weighted by atomic mass is 32.1. The molecule has 0 spiro atoms. The quantitative estimate of drug-likeness (QED) is 0.193. The van der Waals surface area contributed by atoms with E-state index in [1.165, 1.54) is 42.4 Å². The van der Waals surface area contributed by atoms with Gasteiger partial charge in [0, 0.05) is 47.9 Å². The maximum absolute atomic E-state index is 6.66. The third-order valence-corrected chi connectivity index (χ3v) is 11.2. The van der Waals surface area contributed by atoms with Gasteiger partial charge in [0.2, 0.25) is 5.89 Å². The zero-order valence-corrected chi connectivity index (χ0v) is 27.4. The molecule has 0 unspecified atom stereocenters. The molecule has 1 aliphatic rings. The number of nitrogens with zero attached hydrogens (tertiary/aromatic N) is 2. The van der Waals surface area contributed by atoms with Crippen molar-refractivity contribution < 1.29 is 4.42 Å². The summed E-state index contributed by atoms with van der Waals surface area (Å²) in [5.41, 5.74) is 11.0. The minimum Gasteiger partial charge on any atom is -0.435 e. The van der Waals surface area contributed by atoms with Crippen molar-refractivity contribution in [2.45, 2.75) is 19.3 Å². The van der Waals surface area contributed by atoms with Crippen LogP contribution in [0.4, 0.5) is 17.1 Å². The predicted octanol–water partition coefficient (Wildman–Crippen LogP) is 12.8. The average molecular weight is 635 g/mol. The lowest BCUT2D eigenvalue weighted by atomic mass is 9.82. The largest absolute Gasteiger partial charge is 0.435 e. The van der Waals surface area contributed by atoms with Gasteiger partial charge < -0.3 is 9.32 Å². The normalized spacial score (nSPS) is 13.4. The van der Waals surface area contributed by atoms with Gasteiger partial charge in [-0.05, 0) is 82.2 Å². The molecule has 1 aliphatic carbocycles. The van der Waals surface area contributed by atoms with Crippen LogP contribution in [0.2, 0.25) is 0 Å². The molecule has 2 aromatic heterocycles. The number of thiophene rings is 1. The first kappa shape index (κ1) is 27.4. The molecule has 0 N–H and O–H groups in total. The fourth-order valence-corrected chi connectivity index (χ4v) is 8.81. The molecule has 7 aromatic carbocycles. The smallest absolute Gasteiger partial charge is 0.227 e. The van der Waals surface area contributed by atoms with Crippen molar-refractivity contribution in [3.63, 3.8) is 0 Å². The van der Waals surface area contributed by atoms with E-state index in [1.807, 2.05) is 29.5 Å². The number of fused-ring (bicyclic) bond motifs is 9. The SMILES string of the molecule is CC1(C)c2ccccc2-c2cc(N(c3ccc4sc5ccccc5c4c3)c3cc4ccccc4c4oc(-c5ccccc5)nc34)ccc21. The average Bonchev–Trinajstić information content (AvgIpc) is 3.80.